The topological polar surface area (TPSA) is 120 Å². The van der Waals surface area contributed by atoms with Crippen molar-refractivity contribution < 1.29 is 29.7 Å². The van der Waals surface area contributed by atoms with Crippen molar-refractivity contribution in [3.05, 3.63) is 0 Å². The number of aliphatic carboxylic acids is 3. The Bertz CT molecular complexity index is 987. The first-order valence-electron chi connectivity index (χ1n) is 33.7. The molecule has 0 aromatic carbocycles. The van der Waals surface area contributed by atoms with Crippen LogP contribution in [0.3, 0.4) is 0 Å². The Labute approximate surface area is 511 Å². The number of carbonyl (C=O) groups excluding carboxylic acids is 3. The van der Waals surface area contributed by atoms with Gasteiger partial charge in [-0.15, -0.1) is 0 Å². The molecule has 0 aliphatic rings. The van der Waals surface area contributed by atoms with Crippen LogP contribution < -0.4 is 15.3 Å². The molecule has 458 valence electrons. The molecule has 0 amide bonds. The molecule has 0 aromatic rings. The average Bonchev–Trinajstić information content (AvgIpc) is 3.42. The summed E-state index contributed by atoms with van der Waals surface area (Å²) in [6.07, 6.45) is 69.6. The van der Waals surface area contributed by atoms with Crippen molar-refractivity contribution >= 4 is 78.3 Å². The molecule has 0 rings (SSSR count). The molecule has 0 aliphatic carbocycles. The third-order valence-electron chi connectivity index (χ3n) is 15.4. The zero-order chi connectivity index (χ0) is 57.8. The van der Waals surface area contributed by atoms with E-state index >= 15 is 0 Å². The van der Waals surface area contributed by atoms with Crippen LogP contribution in [0.2, 0.25) is 4.44 Å². The van der Waals surface area contributed by atoms with Gasteiger partial charge in [-0.2, -0.15) is 37.9 Å². The molecule has 3 unspecified atom stereocenters. The Hall–Kier alpha value is 0.259. The summed E-state index contributed by atoms with van der Waals surface area (Å²) in [6, 6.07) is 0. The maximum atomic E-state index is 10.8. The van der Waals surface area contributed by atoms with Crippen LogP contribution in [-0.4, -0.2) is 57.7 Å². The van der Waals surface area contributed by atoms with Crippen LogP contribution in [0.15, 0.2) is 0 Å². The van der Waals surface area contributed by atoms with E-state index in [9.17, 15) is 29.7 Å². The number of rotatable bonds is 59. The Morgan fingerprint density at radius 1 is 0.260 bits per heavy atom. The number of carboxylic acids is 3. The summed E-state index contributed by atoms with van der Waals surface area (Å²) in [7, 11) is 0. The first kappa shape index (κ1) is 83.7. The van der Waals surface area contributed by atoms with Crippen molar-refractivity contribution in [3.63, 3.8) is 0 Å². The Balaban J connectivity index is -0.000000495. The number of thiol groups is 3. The molecule has 0 saturated heterocycles. The van der Waals surface area contributed by atoms with Crippen LogP contribution in [0.25, 0.3) is 0 Å². The fourth-order valence-corrected chi connectivity index (χ4v) is 11.8. The standard InChI is InChI=1S/3C21H42O2S.C4H9.Sn/c3*1-2-3-4-5-6-7-8-9-10-11-12-13-14-15-16-17-18-20(19-24)21(22)23;1-3-4-2;/h3*20,24H,2-19H2,1H3,(H,22,23);1,3-4H2,2H3;/q;;;;+3/p-3. The molecule has 6 nitrogen and oxygen atoms in total. The van der Waals surface area contributed by atoms with Crippen molar-refractivity contribution in [2.24, 2.45) is 17.8 Å². The van der Waals surface area contributed by atoms with Gasteiger partial charge in [0.2, 0.25) is 0 Å². The predicted molar refractivity (Wildman–Crippen MR) is 345 cm³/mol. The van der Waals surface area contributed by atoms with Crippen molar-refractivity contribution in [1.82, 2.24) is 0 Å². The van der Waals surface area contributed by atoms with Crippen LogP contribution >= 0.6 is 37.9 Å². The van der Waals surface area contributed by atoms with Gasteiger partial charge in [-0.1, -0.05) is 329 Å². The fourth-order valence-electron chi connectivity index (χ4n) is 9.84. The van der Waals surface area contributed by atoms with Gasteiger partial charge in [0.1, 0.15) is 0 Å². The van der Waals surface area contributed by atoms with E-state index in [1.807, 2.05) is 0 Å². The molecule has 0 aromatic heterocycles. The molecular formula is C67H132O6S3Sn. The van der Waals surface area contributed by atoms with E-state index in [0.717, 1.165) is 57.8 Å². The van der Waals surface area contributed by atoms with Crippen molar-refractivity contribution in [2.45, 2.75) is 372 Å². The average molecular weight is 1250 g/mol. The van der Waals surface area contributed by atoms with E-state index in [2.05, 4.69) is 65.6 Å². The second-order valence-corrected chi connectivity index (χ2v) is 25.5. The molecule has 77 heavy (non-hydrogen) atoms. The summed E-state index contributed by atoms with van der Waals surface area (Å²) >= 11 is 13.9. The van der Waals surface area contributed by atoms with Gasteiger partial charge in [-0.3, -0.25) is 0 Å². The molecule has 0 N–H and O–H groups in total. The van der Waals surface area contributed by atoms with Crippen molar-refractivity contribution in [2.75, 3.05) is 17.3 Å². The maximum absolute atomic E-state index is 10.8. The van der Waals surface area contributed by atoms with Crippen LogP contribution in [0, 0.1) is 17.8 Å². The number of unbranched alkanes of at least 4 members (excludes halogenated alkanes) is 46. The van der Waals surface area contributed by atoms with Crippen molar-refractivity contribution in [3.8, 4) is 0 Å². The van der Waals surface area contributed by atoms with Gasteiger partial charge in [0.15, 0.2) is 0 Å². The number of hydrogen-bond donors (Lipinski definition) is 3. The molecule has 0 fully saturated rings. The van der Waals surface area contributed by atoms with E-state index in [1.54, 1.807) is 22.5 Å². The van der Waals surface area contributed by atoms with E-state index in [0.29, 0.717) is 17.3 Å². The fraction of sp³-hybridized carbons (Fsp3) is 0.955. The third kappa shape index (κ3) is 76.3. The number of carbonyl (C=O) groups is 3. The zero-order valence-corrected chi connectivity index (χ0v) is 57.4. The summed E-state index contributed by atoms with van der Waals surface area (Å²) in [5.41, 5.74) is 0. The number of carboxylic acid groups (broad SMARTS) is 3. The summed E-state index contributed by atoms with van der Waals surface area (Å²) in [6.45, 7) is 9.05. The van der Waals surface area contributed by atoms with Gasteiger partial charge in [-0.25, -0.2) is 0 Å². The Morgan fingerprint density at radius 2 is 0.390 bits per heavy atom. The van der Waals surface area contributed by atoms with Crippen LogP contribution in [0.4, 0.5) is 0 Å². The molecule has 0 bridgehead atoms. The zero-order valence-electron chi connectivity index (χ0n) is 51.8. The first-order valence-corrected chi connectivity index (χ1v) is 37.6. The van der Waals surface area contributed by atoms with Crippen molar-refractivity contribution in [1.29, 1.82) is 0 Å². The summed E-state index contributed by atoms with van der Waals surface area (Å²) in [5, 5.41) is 32.3. The Kier molecular flexibility index (Phi) is 82.9. The second kappa shape index (κ2) is 76.3. The van der Waals surface area contributed by atoms with E-state index in [1.165, 1.54) is 287 Å². The van der Waals surface area contributed by atoms with Gasteiger partial charge in [0.05, 0.1) is 0 Å². The summed E-state index contributed by atoms with van der Waals surface area (Å²) in [4.78, 5) is 32.3. The third-order valence-corrected chi connectivity index (χ3v) is 17.7. The predicted octanol–water partition coefficient (Wildman–Crippen LogP) is 19.2. The number of hydrogen-bond acceptors (Lipinski definition) is 9. The molecule has 3 atom stereocenters. The molecule has 0 aliphatic heterocycles. The normalized spacial score (nSPS) is 12.2. The van der Waals surface area contributed by atoms with Gasteiger partial charge >= 0.3 is 46.7 Å². The minimum atomic E-state index is -0.939. The molecule has 0 heterocycles. The van der Waals surface area contributed by atoms with Gasteiger partial charge in [-0.05, 0) is 36.5 Å². The van der Waals surface area contributed by atoms with Crippen LogP contribution in [-0.2, 0) is 14.4 Å². The SMILES string of the molecule is CCCCCCCCCCCCCCCCCCC(CS)C(=O)[O-].CCCCCCCCCCCCCCCCCCC(CS)C(=O)[O-].CCCCCCCCCCCCCCCCCCC(CS)C(=O)[O-].CCC[CH2][Sn+3]. The summed E-state index contributed by atoms with van der Waals surface area (Å²) in [5.74, 6) is -2.69. The van der Waals surface area contributed by atoms with Gasteiger partial charge in [0, 0.05) is 35.7 Å². The summed E-state index contributed by atoms with van der Waals surface area (Å²) < 4.78 is 1.43. The van der Waals surface area contributed by atoms with E-state index in [-0.39, 0.29) is 17.8 Å². The van der Waals surface area contributed by atoms with Crippen LogP contribution in [0.5, 0.6) is 0 Å². The van der Waals surface area contributed by atoms with Gasteiger partial charge < -0.3 is 29.7 Å². The molecule has 0 spiro atoms. The van der Waals surface area contributed by atoms with Gasteiger partial charge in [0.25, 0.3) is 0 Å². The monoisotopic (exact) mass is 1250 g/mol. The van der Waals surface area contributed by atoms with Crippen LogP contribution in [0.1, 0.15) is 368 Å². The van der Waals surface area contributed by atoms with E-state index < -0.39 is 17.9 Å². The Morgan fingerprint density at radius 3 is 0.481 bits per heavy atom. The second-order valence-electron chi connectivity index (χ2n) is 23.0. The molecule has 0 radical (unpaired) electrons. The first-order chi connectivity index (χ1) is 37.6. The quantitative estimate of drug-likeness (QED) is 0.0317. The molecular weight excluding hydrogens is 1120 g/mol. The minimum absolute atomic E-state index is 0.361. The molecule has 0 saturated carbocycles. The molecule has 10 heteroatoms. The van der Waals surface area contributed by atoms with E-state index in [4.69, 9.17) is 0 Å².